The SMILES string of the molecule is N#CC=C1C2CC3OC4(CC#N)C2C=CC4C13. The van der Waals surface area contributed by atoms with Crippen molar-refractivity contribution >= 4 is 0 Å². The van der Waals surface area contributed by atoms with Crippen molar-refractivity contribution in [2.24, 2.45) is 23.7 Å². The van der Waals surface area contributed by atoms with Gasteiger partial charge in [0.25, 0.3) is 0 Å². The lowest BCUT2D eigenvalue weighted by molar-refractivity contribution is -0.113. The van der Waals surface area contributed by atoms with E-state index in [4.69, 9.17) is 15.3 Å². The van der Waals surface area contributed by atoms with Crippen molar-refractivity contribution in [1.29, 1.82) is 10.5 Å². The van der Waals surface area contributed by atoms with Gasteiger partial charge in [-0.1, -0.05) is 12.2 Å². The predicted molar refractivity (Wildman–Crippen MR) is 59.2 cm³/mol. The van der Waals surface area contributed by atoms with E-state index in [0.717, 1.165) is 6.42 Å². The van der Waals surface area contributed by atoms with Gasteiger partial charge in [-0.05, 0) is 17.9 Å². The van der Waals surface area contributed by atoms with Crippen LogP contribution in [0.15, 0.2) is 23.8 Å². The Bertz CT molecular complexity index is 525. The highest BCUT2D eigenvalue weighted by atomic mass is 16.5. The minimum absolute atomic E-state index is 0.249. The number of rotatable bonds is 1. The maximum absolute atomic E-state index is 9.04. The summed E-state index contributed by atoms with van der Waals surface area (Å²) in [6.45, 7) is 0. The third-order valence-corrected chi connectivity index (χ3v) is 5.13. The van der Waals surface area contributed by atoms with E-state index in [2.05, 4.69) is 24.3 Å². The van der Waals surface area contributed by atoms with Crippen LogP contribution in [0.3, 0.4) is 0 Å². The first-order chi connectivity index (χ1) is 8.31. The zero-order chi connectivity index (χ0) is 11.6. The largest absolute Gasteiger partial charge is 0.369 e. The van der Waals surface area contributed by atoms with Crippen molar-refractivity contribution in [3.05, 3.63) is 23.8 Å². The number of hydrogen-bond donors (Lipinski definition) is 0. The monoisotopic (exact) mass is 224 g/mol. The molecular weight excluding hydrogens is 212 g/mol. The number of allylic oxidation sites excluding steroid dienone is 1. The second-order valence-electron chi connectivity index (χ2n) is 5.52. The van der Waals surface area contributed by atoms with Crippen molar-refractivity contribution in [3.8, 4) is 12.1 Å². The van der Waals surface area contributed by atoms with Crippen LogP contribution in [0.4, 0.5) is 0 Å². The summed E-state index contributed by atoms with van der Waals surface area (Å²) in [6.07, 6.45) is 7.96. The lowest BCUT2D eigenvalue weighted by Gasteiger charge is -2.43. The van der Waals surface area contributed by atoms with E-state index in [1.165, 1.54) is 5.57 Å². The van der Waals surface area contributed by atoms with Gasteiger partial charge in [0.2, 0.25) is 0 Å². The molecule has 6 atom stereocenters. The average Bonchev–Trinajstić information content (AvgIpc) is 2.79. The van der Waals surface area contributed by atoms with Gasteiger partial charge in [-0.2, -0.15) is 10.5 Å². The topological polar surface area (TPSA) is 56.8 Å². The number of hydrogen-bond acceptors (Lipinski definition) is 3. The van der Waals surface area contributed by atoms with Crippen LogP contribution in [-0.2, 0) is 4.74 Å². The van der Waals surface area contributed by atoms with Gasteiger partial charge in [-0.3, -0.25) is 0 Å². The van der Waals surface area contributed by atoms with E-state index >= 15 is 0 Å². The van der Waals surface area contributed by atoms with Crippen LogP contribution in [0.1, 0.15) is 12.8 Å². The van der Waals surface area contributed by atoms with Crippen molar-refractivity contribution in [1.82, 2.24) is 0 Å². The average molecular weight is 224 g/mol. The van der Waals surface area contributed by atoms with Crippen LogP contribution in [0.5, 0.6) is 0 Å². The minimum Gasteiger partial charge on any atom is -0.369 e. The molecule has 3 heteroatoms. The van der Waals surface area contributed by atoms with Crippen molar-refractivity contribution < 1.29 is 4.74 Å². The second kappa shape index (κ2) is 2.81. The minimum atomic E-state index is -0.250. The molecule has 0 aromatic rings. The van der Waals surface area contributed by atoms with Crippen LogP contribution in [0.2, 0.25) is 0 Å². The second-order valence-corrected chi connectivity index (χ2v) is 5.52. The van der Waals surface area contributed by atoms with Crippen LogP contribution < -0.4 is 0 Å². The summed E-state index contributed by atoms with van der Waals surface area (Å²) in [6, 6.07) is 4.48. The molecule has 0 aromatic carbocycles. The zero-order valence-corrected chi connectivity index (χ0v) is 9.34. The zero-order valence-electron chi connectivity index (χ0n) is 9.34. The molecule has 4 fully saturated rings. The maximum Gasteiger partial charge on any atom is 0.0952 e. The molecule has 3 nitrogen and oxygen atoms in total. The molecule has 3 aliphatic carbocycles. The van der Waals surface area contributed by atoms with E-state index in [9.17, 15) is 0 Å². The Hall–Kier alpha value is -1.58. The Kier molecular flexibility index (Phi) is 1.56. The Morgan fingerprint density at radius 1 is 1.41 bits per heavy atom. The molecule has 84 valence electrons. The van der Waals surface area contributed by atoms with E-state index in [-0.39, 0.29) is 11.7 Å². The molecule has 0 radical (unpaired) electrons. The summed E-state index contributed by atoms with van der Waals surface area (Å²) in [5.41, 5.74) is 1.03. The van der Waals surface area contributed by atoms with Crippen molar-refractivity contribution in [2.75, 3.05) is 0 Å². The van der Waals surface area contributed by atoms with E-state index < -0.39 is 0 Å². The third kappa shape index (κ3) is 0.841. The fraction of sp³-hybridized carbons (Fsp3) is 0.571. The smallest absolute Gasteiger partial charge is 0.0952 e. The Morgan fingerprint density at radius 3 is 3.00 bits per heavy atom. The highest BCUT2D eigenvalue weighted by molar-refractivity contribution is 5.42. The fourth-order valence-electron chi connectivity index (χ4n) is 4.71. The third-order valence-electron chi connectivity index (χ3n) is 5.13. The molecule has 6 unspecified atom stereocenters. The molecule has 2 saturated heterocycles. The molecule has 2 saturated carbocycles. The first-order valence-electron chi connectivity index (χ1n) is 6.14. The summed E-state index contributed by atoms with van der Waals surface area (Å²) in [5.74, 6) is 1.46. The summed E-state index contributed by atoms with van der Waals surface area (Å²) >= 11 is 0. The van der Waals surface area contributed by atoms with Gasteiger partial charge in [0.1, 0.15) is 0 Å². The standard InChI is InChI=1S/C14H12N2O/c15-5-3-8-9-7-12-13(8)11-2-1-10(9)14(11,17-12)4-6-16/h1-3,9-13H,4,7H2. The summed E-state index contributed by atoms with van der Waals surface area (Å²) in [5, 5.41) is 17.9. The molecule has 2 aliphatic heterocycles. The van der Waals surface area contributed by atoms with Gasteiger partial charge in [0.05, 0.1) is 30.3 Å². The normalized spacial score (nSPS) is 54.2. The molecule has 17 heavy (non-hydrogen) atoms. The number of nitriles is 2. The Morgan fingerprint density at radius 2 is 2.24 bits per heavy atom. The molecule has 2 heterocycles. The maximum atomic E-state index is 9.04. The fourth-order valence-corrected chi connectivity index (χ4v) is 4.71. The van der Waals surface area contributed by atoms with Crippen LogP contribution in [0, 0.1) is 46.3 Å². The van der Waals surface area contributed by atoms with Crippen LogP contribution in [-0.4, -0.2) is 11.7 Å². The van der Waals surface area contributed by atoms with Gasteiger partial charge in [-0.25, -0.2) is 0 Å². The Labute approximate surface area is 100.0 Å². The van der Waals surface area contributed by atoms with Gasteiger partial charge in [-0.15, -0.1) is 0 Å². The van der Waals surface area contributed by atoms with Crippen LogP contribution in [0.25, 0.3) is 0 Å². The van der Waals surface area contributed by atoms with Gasteiger partial charge in [0.15, 0.2) is 0 Å². The predicted octanol–water partition coefficient (Wildman–Crippen LogP) is 1.94. The lowest BCUT2D eigenvalue weighted by Crippen LogP contribution is -2.47. The molecular formula is C14H12N2O. The molecule has 5 rings (SSSR count). The van der Waals surface area contributed by atoms with Crippen molar-refractivity contribution in [3.63, 3.8) is 0 Å². The molecule has 6 bridgehead atoms. The Balaban J connectivity index is 1.87. The molecule has 5 aliphatic rings. The molecule has 0 spiro atoms. The summed E-state index contributed by atoms with van der Waals surface area (Å²) in [4.78, 5) is 0. The van der Waals surface area contributed by atoms with Crippen molar-refractivity contribution in [2.45, 2.75) is 24.5 Å². The molecule has 0 N–H and O–H groups in total. The van der Waals surface area contributed by atoms with E-state index in [1.54, 1.807) is 6.08 Å². The quantitative estimate of drug-likeness (QED) is 0.505. The summed E-state index contributed by atoms with van der Waals surface area (Å²) < 4.78 is 6.21. The number of ether oxygens (including phenoxy) is 1. The molecule has 0 amide bonds. The van der Waals surface area contributed by atoms with Gasteiger partial charge >= 0.3 is 0 Å². The van der Waals surface area contributed by atoms with E-state index in [1.807, 2.05) is 0 Å². The highest BCUT2D eigenvalue weighted by Crippen LogP contribution is 2.68. The highest BCUT2D eigenvalue weighted by Gasteiger charge is 2.70. The van der Waals surface area contributed by atoms with Gasteiger partial charge < -0.3 is 4.74 Å². The van der Waals surface area contributed by atoms with E-state index in [0.29, 0.717) is 30.1 Å². The van der Waals surface area contributed by atoms with Crippen LogP contribution >= 0.6 is 0 Å². The molecule has 0 aromatic heterocycles. The lowest BCUT2D eigenvalue weighted by atomic mass is 9.65. The first kappa shape index (κ1) is 9.45. The number of nitrogens with zero attached hydrogens (tertiary/aromatic N) is 2. The first-order valence-corrected chi connectivity index (χ1v) is 6.14. The van der Waals surface area contributed by atoms with Gasteiger partial charge in [0, 0.05) is 23.8 Å². The summed E-state index contributed by atoms with van der Waals surface area (Å²) in [7, 11) is 0.